The van der Waals surface area contributed by atoms with E-state index in [1.807, 2.05) is 13.8 Å². The second-order valence-corrected chi connectivity index (χ2v) is 6.58. The molecule has 0 bridgehead atoms. The van der Waals surface area contributed by atoms with Gasteiger partial charge in [0.05, 0.1) is 11.5 Å². The molecule has 1 N–H and O–H groups in total. The third-order valence-corrected chi connectivity index (χ3v) is 5.20. The molecular formula is C15H21NO3S. The van der Waals surface area contributed by atoms with Crippen LogP contribution in [-0.2, 0) is 10.0 Å². The Balaban J connectivity index is 2.96. The predicted molar refractivity (Wildman–Crippen MR) is 79.7 cm³/mol. The summed E-state index contributed by atoms with van der Waals surface area (Å²) in [6.45, 7) is 3.86. The Bertz CT molecular complexity index is 582. The van der Waals surface area contributed by atoms with Crippen molar-refractivity contribution in [2.75, 3.05) is 13.7 Å². The van der Waals surface area contributed by atoms with Gasteiger partial charge in [-0.15, -0.1) is 0 Å². The van der Waals surface area contributed by atoms with E-state index in [0.717, 1.165) is 12.0 Å². The minimum absolute atomic E-state index is 0.0269. The van der Waals surface area contributed by atoms with Gasteiger partial charge >= 0.3 is 0 Å². The molecule has 110 valence electrons. The summed E-state index contributed by atoms with van der Waals surface area (Å²) in [6, 6.07) is 6.46. The van der Waals surface area contributed by atoms with Gasteiger partial charge in [-0.2, -0.15) is 4.31 Å². The number of hydrogen-bond acceptors (Lipinski definition) is 3. The van der Waals surface area contributed by atoms with E-state index in [-0.39, 0.29) is 17.5 Å². The van der Waals surface area contributed by atoms with E-state index < -0.39 is 10.0 Å². The van der Waals surface area contributed by atoms with E-state index in [1.165, 1.54) is 4.31 Å². The lowest BCUT2D eigenvalue weighted by molar-refractivity contribution is 0.305. The molecule has 4 nitrogen and oxygen atoms in total. The van der Waals surface area contributed by atoms with Crippen LogP contribution in [0.25, 0.3) is 0 Å². The van der Waals surface area contributed by atoms with Crippen molar-refractivity contribution in [2.24, 2.45) is 0 Å². The van der Waals surface area contributed by atoms with Gasteiger partial charge in [-0.3, -0.25) is 0 Å². The standard InChI is InChI=1S/C15H21NO3S/c1-4-13(2)16(3)20(18,19)15-10-8-14(9-11-15)7-5-6-12-17/h8-11,13,17H,4,6,12H2,1-3H3. The van der Waals surface area contributed by atoms with Crippen molar-refractivity contribution in [3.05, 3.63) is 29.8 Å². The summed E-state index contributed by atoms with van der Waals surface area (Å²) in [5.74, 6) is 5.67. The maximum atomic E-state index is 12.4. The van der Waals surface area contributed by atoms with Gasteiger partial charge in [0.2, 0.25) is 10.0 Å². The smallest absolute Gasteiger partial charge is 0.243 e. The summed E-state index contributed by atoms with van der Waals surface area (Å²) < 4.78 is 26.1. The molecule has 1 atom stereocenters. The van der Waals surface area contributed by atoms with Gasteiger partial charge in [-0.25, -0.2) is 8.42 Å². The summed E-state index contributed by atoms with van der Waals surface area (Å²) in [4.78, 5) is 0.271. The van der Waals surface area contributed by atoms with Gasteiger partial charge in [-0.1, -0.05) is 18.8 Å². The summed E-state index contributed by atoms with van der Waals surface area (Å²) in [7, 11) is -1.85. The van der Waals surface area contributed by atoms with Gasteiger partial charge in [0.25, 0.3) is 0 Å². The van der Waals surface area contributed by atoms with Crippen molar-refractivity contribution in [3.8, 4) is 11.8 Å². The molecule has 0 spiro atoms. The molecule has 0 fully saturated rings. The monoisotopic (exact) mass is 295 g/mol. The van der Waals surface area contributed by atoms with Gasteiger partial charge in [0.15, 0.2) is 0 Å². The molecule has 1 aromatic rings. The zero-order valence-electron chi connectivity index (χ0n) is 12.1. The molecule has 1 rings (SSSR count). The molecule has 5 heteroatoms. The summed E-state index contributed by atoms with van der Waals surface area (Å²) in [5.41, 5.74) is 0.739. The molecule has 20 heavy (non-hydrogen) atoms. The van der Waals surface area contributed by atoms with Crippen LogP contribution in [0, 0.1) is 11.8 Å². The molecule has 0 aliphatic carbocycles. The quantitative estimate of drug-likeness (QED) is 0.843. The number of aliphatic hydroxyl groups excluding tert-OH is 1. The van der Waals surface area contributed by atoms with Crippen molar-refractivity contribution >= 4 is 10.0 Å². The second-order valence-electron chi connectivity index (χ2n) is 4.58. The van der Waals surface area contributed by atoms with Crippen molar-refractivity contribution in [2.45, 2.75) is 37.6 Å². The SMILES string of the molecule is CCC(C)N(C)S(=O)(=O)c1ccc(C#CCCO)cc1. The number of rotatable bonds is 5. The van der Waals surface area contributed by atoms with Crippen LogP contribution in [0.5, 0.6) is 0 Å². The average molecular weight is 295 g/mol. The van der Waals surface area contributed by atoms with Crippen molar-refractivity contribution in [1.29, 1.82) is 0 Å². The van der Waals surface area contributed by atoms with Crippen LogP contribution in [0.15, 0.2) is 29.2 Å². The van der Waals surface area contributed by atoms with Crippen molar-refractivity contribution in [3.63, 3.8) is 0 Å². The third kappa shape index (κ3) is 4.07. The van der Waals surface area contributed by atoms with E-state index in [0.29, 0.717) is 6.42 Å². The molecule has 0 aliphatic rings. The molecule has 1 aromatic carbocycles. The minimum Gasteiger partial charge on any atom is -0.395 e. The maximum Gasteiger partial charge on any atom is 0.243 e. The zero-order chi connectivity index (χ0) is 15.2. The van der Waals surface area contributed by atoms with Gasteiger partial charge in [-0.05, 0) is 37.6 Å². The first-order chi connectivity index (χ1) is 9.43. The number of nitrogens with zero attached hydrogens (tertiary/aromatic N) is 1. The van der Waals surface area contributed by atoms with Gasteiger partial charge < -0.3 is 5.11 Å². The minimum atomic E-state index is -3.45. The lowest BCUT2D eigenvalue weighted by Gasteiger charge is -2.23. The Labute approximate surface area is 121 Å². The first-order valence-electron chi connectivity index (χ1n) is 6.61. The number of hydrogen-bond donors (Lipinski definition) is 1. The largest absolute Gasteiger partial charge is 0.395 e. The normalized spacial score (nSPS) is 12.8. The molecule has 0 radical (unpaired) electrons. The molecule has 0 aliphatic heterocycles. The fraction of sp³-hybridized carbons (Fsp3) is 0.467. The van der Waals surface area contributed by atoms with E-state index in [1.54, 1.807) is 31.3 Å². The summed E-state index contributed by atoms with van der Waals surface area (Å²) in [6.07, 6.45) is 1.18. The Morgan fingerprint density at radius 1 is 1.30 bits per heavy atom. The average Bonchev–Trinajstić information content (AvgIpc) is 2.46. The summed E-state index contributed by atoms with van der Waals surface area (Å²) in [5, 5.41) is 8.64. The highest BCUT2D eigenvalue weighted by Gasteiger charge is 2.23. The maximum absolute atomic E-state index is 12.4. The van der Waals surface area contributed by atoms with Crippen molar-refractivity contribution in [1.82, 2.24) is 4.31 Å². The van der Waals surface area contributed by atoms with Crippen LogP contribution in [0.4, 0.5) is 0 Å². The van der Waals surface area contributed by atoms with Gasteiger partial charge in [0, 0.05) is 25.1 Å². The van der Waals surface area contributed by atoms with E-state index in [4.69, 9.17) is 5.11 Å². The lowest BCUT2D eigenvalue weighted by Crippen LogP contribution is -2.34. The molecule has 1 unspecified atom stereocenters. The van der Waals surface area contributed by atoms with E-state index in [2.05, 4.69) is 11.8 Å². The predicted octanol–water partition coefficient (Wildman–Crippen LogP) is 1.84. The van der Waals surface area contributed by atoms with E-state index in [9.17, 15) is 8.42 Å². The molecule has 0 saturated heterocycles. The topological polar surface area (TPSA) is 57.6 Å². The van der Waals surface area contributed by atoms with Crippen LogP contribution < -0.4 is 0 Å². The zero-order valence-corrected chi connectivity index (χ0v) is 12.9. The highest BCUT2D eigenvalue weighted by Crippen LogP contribution is 2.18. The Morgan fingerprint density at radius 2 is 1.90 bits per heavy atom. The van der Waals surface area contributed by atoms with Crippen LogP contribution in [0.1, 0.15) is 32.3 Å². The molecule has 0 aromatic heterocycles. The number of sulfonamides is 1. The van der Waals surface area contributed by atoms with Gasteiger partial charge in [0.1, 0.15) is 0 Å². The third-order valence-electron chi connectivity index (χ3n) is 3.21. The molecule has 0 heterocycles. The first kappa shape index (κ1) is 16.7. The second kappa shape index (κ2) is 7.44. The number of benzene rings is 1. The van der Waals surface area contributed by atoms with Crippen LogP contribution in [-0.4, -0.2) is 37.5 Å². The molecule has 0 saturated carbocycles. The van der Waals surface area contributed by atoms with Crippen LogP contribution >= 0.6 is 0 Å². The Kier molecular flexibility index (Phi) is 6.21. The lowest BCUT2D eigenvalue weighted by atomic mass is 10.2. The molecular weight excluding hydrogens is 274 g/mol. The highest BCUT2D eigenvalue weighted by molar-refractivity contribution is 7.89. The highest BCUT2D eigenvalue weighted by atomic mass is 32.2. The fourth-order valence-corrected chi connectivity index (χ4v) is 3.03. The number of aliphatic hydroxyl groups is 1. The van der Waals surface area contributed by atoms with Crippen LogP contribution in [0.2, 0.25) is 0 Å². The van der Waals surface area contributed by atoms with Crippen molar-refractivity contribution < 1.29 is 13.5 Å². The van der Waals surface area contributed by atoms with E-state index >= 15 is 0 Å². The fourth-order valence-electron chi connectivity index (χ4n) is 1.59. The Morgan fingerprint density at radius 3 is 2.40 bits per heavy atom. The molecule has 0 amide bonds. The first-order valence-corrected chi connectivity index (χ1v) is 8.05. The van der Waals surface area contributed by atoms with Crippen LogP contribution in [0.3, 0.4) is 0 Å². The summed E-state index contributed by atoms with van der Waals surface area (Å²) >= 11 is 0. The Hall–Kier alpha value is -1.35.